The summed E-state index contributed by atoms with van der Waals surface area (Å²) < 4.78 is 16.7. The maximum Gasteiger partial charge on any atom is 0.256 e. The Morgan fingerprint density at radius 1 is 1.24 bits per heavy atom. The quantitative estimate of drug-likeness (QED) is 0.525. The molecule has 1 aliphatic rings. The Morgan fingerprint density at radius 3 is 2.55 bits per heavy atom. The van der Waals surface area contributed by atoms with E-state index < -0.39 is 17.2 Å². The number of pyridine rings is 1. The first kappa shape index (κ1) is 23.1. The number of nitrogens with zero attached hydrogens (tertiary/aromatic N) is 3. The van der Waals surface area contributed by atoms with Crippen LogP contribution in [0.5, 0.6) is 0 Å². The Hall–Kier alpha value is -2.16. The molecule has 0 bridgehead atoms. The summed E-state index contributed by atoms with van der Waals surface area (Å²) in [5.41, 5.74) is 0.612. The molecule has 3 rings (SSSR count). The predicted octanol–water partition coefficient (Wildman–Crippen LogP) is -1.97. The minimum Gasteiger partial charge on any atom is -1.00 e. The van der Waals surface area contributed by atoms with Gasteiger partial charge in [0.2, 0.25) is 5.43 Å². The molecule has 29 heavy (non-hydrogen) atoms. The molecule has 1 aromatic carbocycles. The van der Waals surface area contributed by atoms with Gasteiger partial charge in [0.05, 0.1) is 11.2 Å². The lowest BCUT2D eigenvalue weighted by atomic mass is 10.1. The lowest BCUT2D eigenvalue weighted by molar-refractivity contribution is -0.0000162. The van der Waals surface area contributed by atoms with Crippen molar-refractivity contribution in [2.24, 2.45) is 0 Å². The van der Waals surface area contributed by atoms with Gasteiger partial charge in [-0.2, -0.15) is 0 Å². The number of aryl methyl sites for hydroxylation is 1. The molecular weight excluding hydrogens is 399 g/mol. The molecule has 1 aromatic heterocycles. The van der Waals surface area contributed by atoms with Crippen LogP contribution in [0.4, 0.5) is 10.1 Å². The number of hydrogen-bond acceptors (Lipinski definition) is 5. The third-order valence-corrected chi connectivity index (χ3v) is 5.20. The molecule has 0 aliphatic carbocycles. The molecule has 7 nitrogen and oxygen atoms in total. The molecule has 9 heteroatoms. The SMILES string of the molecule is CCn1cc(C(=O)NCCCO)c(=O)c2cc(F)c(N3CCN(C)CC3)cc21.[Cl-]. The van der Waals surface area contributed by atoms with Crippen molar-refractivity contribution >= 4 is 22.5 Å². The summed E-state index contributed by atoms with van der Waals surface area (Å²) in [6.07, 6.45) is 1.94. The number of aliphatic hydroxyl groups is 1. The third-order valence-electron chi connectivity index (χ3n) is 5.20. The fourth-order valence-corrected chi connectivity index (χ4v) is 3.49. The van der Waals surface area contributed by atoms with Crippen LogP contribution in [0, 0.1) is 5.82 Å². The van der Waals surface area contributed by atoms with Crippen LogP contribution in [0.25, 0.3) is 10.9 Å². The van der Waals surface area contributed by atoms with E-state index in [1.165, 1.54) is 12.3 Å². The summed E-state index contributed by atoms with van der Waals surface area (Å²) in [6.45, 7) is 5.84. The molecule has 0 unspecified atom stereocenters. The summed E-state index contributed by atoms with van der Waals surface area (Å²) in [7, 11) is 2.04. The van der Waals surface area contributed by atoms with E-state index in [2.05, 4.69) is 10.2 Å². The van der Waals surface area contributed by atoms with Crippen molar-refractivity contribution in [1.29, 1.82) is 0 Å². The Morgan fingerprint density at radius 2 is 1.93 bits per heavy atom. The molecule has 1 amide bonds. The van der Waals surface area contributed by atoms with Crippen LogP contribution in [-0.2, 0) is 6.54 Å². The average Bonchev–Trinajstić information content (AvgIpc) is 2.69. The second-order valence-corrected chi connectivity index (χ2v) is 7.10. The first-order valence-corrected chi connectivity index (χ1v) is 9.65. The maximum absolute atomic E-state index is 14.9. The Labute approximate surface area is 175 Å². The van der Waals surface area contributed by atoms with Crippen LogP contribution in [0.1, 0.15) is 23.7 Å². The van der Waals surface area contributed by atoms with Crippen molar-refractivity contribution in [3.8, 4) is 0 Å². The first-order valence-electron chi connectivity index (χ1n) is 9.65. The molecule has 1 aliphatic heterocycles. The smallest absolute Gasteiger partial charge is 0.256 e. The number of anilines is 1. The van der Waals surface area contributed by atoms with E-state index >= 15 is 0 Å². The maximum atomic E-state index is 14.9. The second kappa shape index (κ2) is 10.0. The van der Waals surface area contributed by atoms with Gasteiger partial charge in [-0.05, 0) is 32.5 Å². The fraction of sp³-hybridized carbons (Fsp3) is 0.500. The van der Waals surface area contributed by atoms with Crippen LogP contribution in [0.2, 0.25) is 0 Å². The molecule has 0 radical (unpaired) electrons. The van der Waals surface area contributed by atoms with Crippen LogP contribution in [0.15, 0.2) is 23.1 Å². The van der Waals surface area contributed by atoms with E-state index in [4.69, 9.17) is 5.11 Å². The zero-order valence-electron chi connectivity index (χ0n) is 16.8. The van der Waals surface area contributed by atoms with E-state index in [-0.39, 0.29) is 36.5 Å². The van der Waals surface area contributed by atoms with E-state index in [1.807, 2.05) is 18.9 Å². The number of benzene rings is 1. The predicted molar refractivity (Wildman–Crippen MR) is 108 cm³/mol. The molecule has 0 spiro atoms. The fourth-order valence-electron chi connectivity index (χ4n) is 3.49. The normalized spacial score (nSPS) is 14.7. The number of aliphatic hydroxyl groups excluding tert-OH is 1. The highest BCUT2D eigenvalue weighted by molar-refractivity contribution is 5.97. The van der Waals surface area contributed by atoms with Crippen molar-refractivity contribution < 1.29 is 26.7 Å². The van der Waals surface area contributed by atoms with Crippen molar-refractivity contribution in [3.05, 3.63) is 39.9 Å². The minimum atomic E-state index is -0.508. The molecule has 160 valence electrons. The van der Waals surface area contributed by atoms with Crippen molar-refractivity contribution in [3.63, 3.8) is 0 Å². The highest BCUT2D eigenvalue weighted by Crippen LogP contribution is 2.26. The van der Waals surface area contributed by atoms with Crippen LogP contribution in [0.3, 0.4) is 0 Å². The van der Waals surface area contributed by atoms with Gasteiger partial charge in [0, 0.05) is 57.5 Å². The monoisotopic (exact) mass is 425 g/mol. The van der Waals surface area contributed by atoms with Crippen LogP contribution < -0.4 is 28.1 Å². The first-order chi connectivity index (χ1) is 13.5. The number of nitrogens with one attached hydrogen (secondary N) is 1. The van der Waals surface area contributed by atoms with Crippen molar-refractivity contribution in [1.82, 2.24) is 14.8 Å². The Balaban J connectivity index is 0.00000300. The molecule has 0 saturated carbocycles. The number of hydrogen-bond donors (Lipinski definition) is 2. The minimum absolute atomic E-state index is 0. The molecule has 0 atom stereocenters. The largest absolute Gasteiger partial charge is 1.00 e. The Bertz CT molecular complexity index is 926. The van der Waals surface area contributed by atoms with Crippen molar-refractivity contribution in [2.45, 2.75) is 19.9 Å². The molecule has 1 saturated heterocycles. The number of aromatic nitrogens is 1. The number of fused-ring (bicyclic) bond motifs is 1. The summed E-state index contributed by atoms with van der Waals surface area (Å²) in [5.74, 6) is -0.958. The van der Waals surface area contributed by atoms with Gasteiger partial charge < -0.3 is 37.2 Å². The second-order valence-electron chi connectivity index (χ2n) is 7.10. The molecular formula is C20H27ClFN4O3-. The number of amides is 1. The summed E-state index contributed by atoms with van der Waals surface area (Å²) in [4.78, 5) is 29.4. The van der Waals surface area contributed by atoms with Gasteiger partial charge in [-0.1, -0.05) is 0 Å². The average molecular weight is 426 g/mol. The number of carbonyl (C=O) groups is 1. The van der Waals surface area contributed by atoms with Gasteiger partial charge in [0.1, 0.15) is 11.4 Å². The van der Waals surface area contributed by atoms with Crippen LogP contribution >= 0.6 is 0 Å². The molecule has 2 aromatic rings. The number of halogens is 2. The third kappa shape index (κ3) is 4.88. The zero-order valence-corrected chi connectivity index (χ0v) is 17.5. The lowest BCUT2D eigenvalue weighted by Gasteiger charge is -2.34. The van der Waals surface area contributed by atoms with E-state index in [9.17, 15) is 14.0 Å². The molecule has 2 N–H and O–H groups in total. The highest BCUT2D eigenvalue weighted by atomic mass is 35.5. The highest BCUT2D eigenvalue weighted by Gasteiger charge is 2.21. The van der Waals surface area contributed by atoms with Crippen molar-refractivity contribution in [2.75, 3.05) is 51.3 Å². The Kier molecular flexibility index (Phi) is 8.01. The van der Waals surface area contributed by atoms with E-state index in [0.717, 1.165) is 26.2 Å². The van der Waals surface area contributed by atoms with Gasteiger partial charge in [0.25, 0.3) is 5.91 Å². The van der Waals surface area contributed by atoms with Gasteiger partial charge in [-0.25, -0.2) is 4.39 Å². The number of carbonyl (C=O) groups excluding carboxylic acids is 1. The summed E-state index contributed by atoms with van der Waals surface area (Å²) in [5, 5.41) is 11.7. The standard InChI is InChI=1S/C20H27FN4O3.ClH/c1-3-24-13-15(20(28)22-5-4-10-26)19(27)14-11-16(21)18(12-17(14)24)25-8-6-23(2)7-9-25;/h11-13,26H,3-10H2,1-2H3,(H,22,28);1H/p-1. The van der Waals surface area contributed by atoms with E-state index in [1.54, 1.807) is 10.6 Å². The topological polar surface area (TPSA) is 77.8 Å². The van der Waals surface area contributed by atoms with Gasteiger partial charge in [0.15, 0.2) is 0 Å². The number of piperazine rings is 1. The van der Waals surface area contributed by atoms with Gasteiger partial charge >= 0.3 is 0 Å². The van der Waals surface area contributed by atoms with E-state index in [0.29, 0.717) is 24.2 Å². The summed E-state index contributed by atoms with van der Waals surface area (Å²) >= 11 is 0. The zero-order chi connectivity index (χ0) is 20.3. The lowest BCUT2D eigenvalue weighted by Crippen LogP contribution is -3.00. The summed E-state index contributed by atoms with van der Waals surface area (Å²) in [6, 6.07) is 2.97. The van der Waals surface area contributed by atoms with Gasteiger partial charge in [-0.3, -0.25) is 9.59 Å². The molecule has 2 heterocycles. The van der Waals surface area contributed by atoms with Crippen LogP contribution in [-0.4, -0.2) is 66.9 Å². The number of rotatable bonds is 6. The molecule has 1 fully saturated rings. The number of likely N-dealkylation sites (N-methyl/N-ethyl adjacent to an activating group) is 1. The van der Waals surface area contributed by atoms with Gasteiger partial charge in [-0.15, -0.1) is 0 Å².